The summed E-state index contributed by atoms with van der Waals surface area (Å²) < 4.78 is 0. The molecule has 1 amide bonds. The van der Waals surface area contributed by atoms with Crippen molar-refractivity contribution in [1.82, 2.24) is 19.8 Å². The number of hydrogen-bond donors (Lipinski definition) is 0. The highest BCUT2D eigenvalue weighted by Gasteiger charge is 2.30. The Morgan fingerprint density at radius 1 is 0.968 bits per heavy atom. The number of hydrogen-bond acceptors (Lipinski definition) is 4. The van der Waals surface area contributed by atoms with E-state index in [-0.39, 0.29) is 11.8 Å². The second-order valence-corrected chi connectivity index (χ2v) is 8.22. The first kappa shape index (κ1) is 21.2. The van der Waals surface area contributed by atoms with Crippen LogP contribution in [0, 0.1) is 5.92 Å². The fourth-order valence-electron chi connectivity index (χ4n) is 4.43. The quantitative estimate of drug-likeness (QED) is 0.585. The monoisotopic (exact) mass is 414 g/mol. The largest absolute Gasteiger partial charge is 0.341 e. The highest BCUT2D eigenvalue weighted by Crippen LogP contribution is 2.27. The summed E-state index contributed by atoms with van der Waals surface area (Å²) in [7, 11) is 0. The number of carbonyl (C=O) groups excluding carboxylic acids is 1. The van der Waals surface area contributed by atoms with Crippen molar-refractivity contribution in [2.45, 2.75) is 26.3 Å². The molecule has 4 rings (SSSR count). The molecule has 2 aromatic heterocycles. The minimum atomic E-state index is -0.0614. The molecular weight excluding hydrogens is 384 g/mol. The standard InChI is InChI=1S/C26H30N4O/c1-2-14-30-16-15-29(19-21-6-5-11-28-18-21)20-24(26(30)31)17-23-7-3-4-8-25(23)22-9-12-27-13-10-22/h3-13,18,24H,2,14-17,19-20H2,1H3/t24-/m1/s1. The highest BCUT2D eigenvalue weighted by atomic mass is 16.2. The molecule has 1 aromatic carbocycles. The van der Waals surface area contributed by atoms with E-state index >= 15 is 0 Å². The van der Waals surface area contributed by atoms with Crippen molar-refractivity contribution in [2.75, 3.05) is 26.2 Å². The fourth-order valence-corrected chi connectivity index (χ4v) is 4.43. The lowest BCUT2D eigenvalue weighted by Gasteiger charge is -2.24. The number of benzene rings is 1. The van der Waals surface area contributed by atoms with Gasteiger partial charge in [-0.15, -0.1) is 0 Å². The number of nitrogens with zero attached hydrogens (tertiary/aromatic N) is 4. The van der Waals surface area contributed by atoms with Gasteiger partial charge in [0.1, 0.15) is 0 Å². The van der Waals surface area contributed by atoms with Gasteiger partial charge in [0.05, 0.1) is 5.92 Å². The Bertz CT molecular complexity index is 977. The molecule has 0 aliphatic carbocycles. The van der Waals surface area contributed by atoms with E-state index in [4.69, 9.17) is 0 Å². The van der Waals surface area contributed by atoms with Gasteiger partial charge in [-0.25, -0.2) is 0 Å². The van der Waals surface area contributed by atoms with Crippen LogP contribution in [-0.2, 0) is 17.8 Å². The van der Waals surface area contributed by atoms with Crippen molar-refractivity contribution < 1.29 is 4.79 Å². The molecule has 0 spiro atoms. The van der Waals surface area contributed by atoms with E-state index in [0.29, 0.717) is 0 Å². The molecular formula is C26H30N4O. The fraction of sp³-hybridized carbons (Fsp3) is 0.346. The summed E-state index contributed by atoms with van der Waals surface area (Å²) in [5.41, 5.74) is 4.73. The molecule has 0 unspecified atom stereocenters. The summed E-state index contributed by atoms with van der Waals surface area (Å²) in [6.07, 6.45) is 9.08. The summed E-state index contributed by atoms with van der Waals surface area (Å²) in [6.45, 7) is 6.22. The molecule has 3 heterocycles. The molecule has 31 heavy (non-hydrogen) atoms. The van der Waals surface area contributed by atoms with Gasteiger partial charge in [0, 0.05) is 57.5 Å². The average molecular weight is 415 g/mol. The van der Waals surface area contributed by atoms with Crippen LogP contribution in [0.3, 0.4) is 0 Å². The van der Waals surface area contributed by atoms with Crippen LogP contribution in [0.4, 0.5) is 0 Å². The first-order chi connectivity index (χ1) is 15.2. The second kappa shape index (κ2) is 10.3. The van der Waals surface area contributed by atoms with Crippen molar-refractivity contribution in [2.24, 2.45) is 5.92 Å². The molecule has 1 aliphatic rings. The van der Waals surface area contributed by atoms with Crippen LogP contribution in [0.1, 0.15) is 24.5 Å². The third kappa shape index (κ3) is 5.36. The molecule has 1 atom stereocenters. The average Bonchev–Trinajstić information content (AvgIpc) is 2.95. The predicted octanol–water partition coefficient (Wildman–Crippen LogP) is 4.06. The molecule has 5 nitrogen and oxygen atoms in total. The van der Waals surface area contributed by atoms with E-state index in [1.165, 1.54) is 16.7 Å². The SMILES string of the molecule is CCCN1CCN(Cc2cccnc2)C[C@@H](Cc2ccccc2-c2ccncc2)C1=O. The second-order valence-electron chi connectivity index (χ2n) is 8.22. The molecule has 1 fully saturated rings. The molecule has 0 N–H and O–H groups in total. The lowest BCUT2D eigenvalue weighted by atomic mass is 9.91. The smallest absolute Gasteiger partial charge is 0.227 e. The maximum Gasteiger partial charge on any atom is 0.227 e. The first-order valence-corrected chi connectivity index (χ1v) is 11.1. The molecule has 5 heteroatoms. The minimum Gasteiger partial charge on any atom is -0.341 e. The first-order valence-electron chi connectivity index (χ1n) is 11.1. The van der Waals surface area contributed by atoms with Crippen molar-refractivity contribution in [1.29, 1.82) is 0 Å². The highest BCUT2D eigenvalue weighted by molar-refractivity contribution is 5.80. The zero-order valence-electron chi connectivity index (χ0n) is 18.2. The van der Waals surface area contributed by atoms with E-state index in [2.05, 4.69) is 57.0 Å². The van der Waals surface area contributed by atoms with E-state index in [1.807, 2.05) is 36.8 Å². The summed E-state index contributed by atoms with van der Waals surface area (Å²) in [5.74, 6) is 0.216. The normalized spacial score (nSPS) is 17.5. The number of rotatable bonds is 7. The van der Waals surface area contributed by atoms with Gasteiger partial charge in [-0.1, -0.05) is 37.3 Å². The molecule has 0 bridgehead atoms. The Kier molecular flexibility index (Phi) is 7.05. The lowest BCUT2D eigenvalue weighted by Crippen LogP contribution is -2.37. The maximum absolute atomic E-state index is 13.5. The minimum absolute atomic E-state index is 0.0614. The van der Waals surface area contributed by atoms with Crippen LogP contribution in [-0.4, -0.2) is 51.9 Å². The van der Waals surface area contributed by atoms with Crippen LogP contribution >= 0.6 is 0 Å². The van der Waals surface area contributed by atoms with Crippen LogP contribution in [0.5, 0.6) is 0 Å². The van der Waals surface area contributed by atoms with E-state index < -0.39 is 0 Å². The Balaban J connectivity index is 1.59. The lowest BCUT2D eigenvalue weighted by molar-refractivity contribution is -0.134. The number of amides is 1. The molecule has 160 valence electrons. The van der Waals surface area contributed by atoms with Crippen molar-refractivity contribution in [3.05, 3.63) is 84.4 Å². The molecule has 0 saturated carbocycles. The number of pyridine rings is 2. The summed E-state index contributed by atoms with van der Waals surface area (Å²) in [4.78, 5) is 26.3. The van der Waals surface area contributed by atoms with Gasteiger partial charge in [0.2, 0.25) is 5.91 Å². The van der Waals surface area contributed by atoms with Crippen molar-refractivity contribution in [3.8, 4) is 11.1 Å². The van der Waals surface area contributed by atoms with Crippen molar-refractivity contribution in [3.63, 3.8) is 0 Å². The van der Waals surface area contributed by atoms with E-state index in [9.17, 15) is 4.79 Å². The van der Waals surface area contributed by atoms with Gasteiger partial charge in [0.15, 0.2) is 0 Å². The maximum atomic E-state index is 13.5. The topological polar surface area (TPSA) is 49.3 Å². The predicted molar refractivity (Wildman–Crippen MR) is 123 cm³/mol. The van der Waals surface area contributed by atoms with Crippen molar-refractivity contribution >= 4 is 5.91 Å². The van der Waals surface area contributed by atoms with Gasteiger partial charge >= 0.3 is 0 Å². The van der Waals surface area contributed by atoms with Gasteiger partial charge in [-0.2, -0.15) is 0 Å². The van der Waals surface area contributed by atoms with E-state index in [1.54, 1.807) is 6.20 Å². The third-order valence-electron chi connectivity index (χ3n) is 5.92. The summed E-state index contributed by atoms with van der Waals surface area (Å²) in [5, 5.41) is 0. The zero-order chi connectivity index (χ0) is 21.5. The van der Waals surface area contributed by atoms with Gasteiger partial charge in [-0.3, -0.25) is 19.7 Å². The number of aromatic nitrogens is 2. The Morgan fingerprint density at radius 3 is 2.58 bits per heavy atom. The molecule has 3 aromatic rings. The zero-order valence-corrected chi connectivity index (χ0v) is 18.2. The Morgan fingerprint density at radius 2 is 1.81 bits per heavy atom. The Labute approximate surface area is 184 Å². The third-order valence-corrected chi connectivity index (χ3v) is 5.92. The van der Waals surface area contributed by atoms with Gasteiger partial charge < -0.3 is 4.90 Å². The van der Waals surface area contributed by atoms with Crippen LogP contribution in [0.25, 0.3) is 11.1 Å². The molecule has 1 saturated heterocycles. The van der Waals surface area contributed by atoms with Crippen LogP contribution in [0.2, 0.25) is 0 Å². The summed E-state index contributed by atoms with van der Waals surface area (Å²) >= 11 is 0. The van der Waals surface area contributed by atoms with Gasteiger partial charge in [0.25, 0.3) is 0 Å². The van der Waals surface area contributed by atoms with E-state index in [0.717, 1.165) is 51.1 Å². The van der Waals surface area contributed by atoms with Crippen LogP contribution < -0.4 is 0 Å². The summed E-state index contributed by atoms with van der Waals surface area (Å²) in [6, 6.07) is 16.6. The number of carbonyl (C=O) groups is 1. The van der Waals surface area contributed by atoms with Crippen LogP contribution in [0.15, 0.2) is 73.3 Å². The Hall–Kier alpha value is -3.05. The van der Waals surface area contributed by atoms with Gasteiger partial charge in [-0.05, 0) is 53.3 Å². The molecule has 1 aliphatic heterocycles. The molecule has 0 radical (unpaired) electrons.